The molecule has 26 heavy (non-hydrogen) atoms. The first-order chi connectivity index (χ1) is 12.8. The number of nitrogens with one attached hydrogen (secondary N) is 2. The number of aromatic nitrogens is 2. The van der Waals surface area contributed by atoms with Crippen LogP contribution < -0.4 is 10.6 Å². The van der Waals surface area contributed by atoms with Gasteiger partial charge in [0.25, 0.3) is 0 Å². The summed E-state index contributed by atoms with van der Waals surface area (Å²) in [7, 11) is 1.80. The summed E-state index contributed by atoms with van der Waals surface area (Å²) in [5.74, 6) is 0.834. The van der Waals surface area contributed by atoms with E-state index >= 15 is 0 Å². The van der Waals surface area contributed by atoms with Crippen LogP contribution in [0.4, 0.5) is 0 Å². The monoisotopic (exact) mass is 356 g/mol. The second-order valence-electron chi connectivity index (χ2n) is 6.36. The van der Waals surface area contributed by atoms with Gasteiger partial charge in [-0.1, -0.05) is 24.3 Å². The van der Waals surface area contributed by atoms with E-state index < -0.39 is 0 Å². The van der Waals surface area contributed by atoms with Gasteiger partial charge >= 0.3 is 0 Å². The molecule has 0 radical (unpaired) electrons. The van der Waals surface area contributed by atoms with Crippen LogP contribution in [0.15, 0.2) is 48.0 Å². The van der Waals surface area contributed by atoms with E-state index in [0.717, 1.165) is 58.4 Å². The van der Waals surface area contributed by atoms with Gasteiger partial charge in [0.15, 0.2) is 5.96 Å². The van der Waals surface area contributed by atoms with Crippen molar-refractivity contribution < 1.29 is 4.74 Å². The number of hydrogen-bond donors (Lipinski definition) is 2. The summed E-state index contributed by atoms with van der Waals surface area (Å²) >= 11 is 0. The Balaban J connectivity index is 1.38. The number of nitrogens with zero attached hydrogens (tertiary/aromatic N) is 4. The van der Waals surface area contributed by atoms with Crippen molar-refractivity contribution in [3.05, 3.63) is 54.1 Å². The third kappa shape index (κ3) is 5.86. The van der Waals surface area contributed by atoms with Crippen molar-refractivity contribution in [3.63, 3.8) is 0 Å². The van der Waals surface area contributed by atoms with Crippen molar-refractivity contribution in [2.24, 2.45) is 4.99 Å². The summed E-state index contributed by atoms with van der Waals surface area (Å²) in [6.07, 6.45) is 5.61. The summed E-state index contributed by atoms with van der Waals surface area (Å²) in [4.78, 5) is 10.8. The third-order valence-electron chi connectivity index (χ3n) is 4.46. The first-order valence-corrected chi connectivity index (χ1v) is 9.11. The molecule has 1 fully saturated rings. The van der Waals surface area contributed by atoms with E-state index in [1.807, 2.05) is 12.5 Å². The molecular weight excluding hydrogens is 328 g/mol. The van der Waals surface area contributed by atoms with Gasteiger partial charge in [-0.25, -0.2) is 4.98 Å². The Morgan fingerprint density at radius 3 is 2.62 bits per heavy atom. The molecule has 0 amide bonds. The fraction of sp³-hybridized carbons (Fsp3) is 0.474. The number of ether oxygens (including phenoxy) is 1. The molecule has 140 valence electrons. The highest BCUT2D eigenvalue weighted by Crippen LogP contribution is 2.06. The standard InChI is InChI=1S/C19H28N6O/c1-20-19(22-7-9-24-10-12-26-13-11-24)23-14-17-2-4-18(5-3-17)15-25-8-6-21-16-25/h2-6,8,16H,7,9-15H2,1H3,(H2,20,22,23). The fourth-order valence-corrected chi connectivity index (χ4v) is 2.92. The smallest absolute Gasteiger partial charge is 0.191 e. The molecule has 7 nitrogen and oxygen atoms in total. The first-order valence-electron chi connectivity index (χ1n) is 9.11. The van der Waals surface area contributed by atoms with E-state index in [1.54, 1.807) is 13.2 Å². The van der Waals surface area contributed by atoms with Crippen molar-refractivity contribution in [3.8, 4) is 0 Å². The van der Waals surface area contributed by atoms with Crippen LogP contribution in [0.25, 0.3) is 0 Å². The summed E-state index contributed by atoms with van der Waals surface area (Å²) in [6, 6.07) is 8.62. The van der Waals surface area contributed by atoms with Crippen LogP contribution in [0.3, 0.4) is 0 Å². The Labute approximate surface area is 155 Å². The molecular formula is C19H28N6O. The summed E-state index contributed by atoms with van der Waals surface area (Å²) in [6.45, 7) is 7.18. The minimum atomic E-state index is 0.753. The van der Waals surface area contributed by atoms with Gasteiger partial charge < -0.3 is 19.9 Å². The number of guanidine groups is 1. The molecule has 1 aromatic heterocycles. The fourth-order valence-electron chi connectivity index (χ4n) is 2.92. The highest BCUT2D eigenvalue weighted by Gasteiger charge is 2.09. The predicted octanol–water partition coefficient (Wildman–Crippen LogP) is 0.929. The molecule has 1 aromatic carbocycles. The lowest BCUT2D eigenvalue weighted by Crippen LogP contribution is -2.44. The summed E-state index contributed by atoms with van der Waals surface area (Å²) < 4.78 is 7.43. The van der Waals surface area contributed by atoms with Crippen LogP contribution in [0.1, 0.15) is 11.1 Å². The van der Waals surface area contributed by atoms with E-state index in [1.165, 1.54) is 11.1 Å². The molecule has 1 aliphatic rings. The number of benzene rings is 1. The van der Waals surface area contributed by atoms with Gasteiger partial charge in [0.1, 0.15) is 0 Å². The molecule has 0 unspecified atom stereocenters. The second kappa shape index (κ2) is 9.94. The van der Waals surface area contributed by atoms with Crippen LogP contribution >= 0.6 is 0 Å². The van der Waals surface area contributed by atoms with Crippen molar-refractivity contribution in [1.29, 1.82) is 0 Å². The topological polar surface area (TPSA) is 66.7 Å². The van der Waals surface area contributed by atoms with E-state index in [2.05, 4.69) is 54.3 Å². The zero-order valence-electron chi connectivity index (χ0n) is 15.4. The van der Waals surface area contributed by atoms with Crippen LogP contribution in [-0.2, 0) is 17.8 Å². The van der Waals surface area contributed by atoms with Crippen LogP contribution in [-0.4, -0.2) is 66.9 Å². The van der Waals surface area contributed by atoms with E-state index in [-0.39, 0.29) is 0 Å². The van der Waals surface area contributed by atoms with Gasteiger partial charge in [-0.3, -0.25) is 9.89 Å². The first kappa shape index (κ1) is 18.4. The van der Waals surface area contributed by atoms with Crippen molar-refractivity contribution in [2.45, 2.75) is 13.1 Å². The molecule has 1 aliphatic heterocycles. The number of imidazole rings is 1. The summed E-state index contributed by atoms with van der Waals surface area (Å²) in [5, 5.41) is 6.74. The molecule has 0 atom stereocenters. The molecule has 2 N–H and O–H groups in total. The van der Waals surface area contributed by atoms with Crippen molar-refractivity contribution in [2.75, 3.05) is 46.4 Å². The lowest BCUT2D eigenvalue weighted by atomic mass is 10.1. The normalized spacial score (nSPS) is 15.8. The minimum Gasteiger partial charge on any atom is -0.379 e. The zero-order valence-corrected chi connectivity index (χ0v) is 15.4. The van der Waals surface area contributed by atoms with Gasteiger partial charge in [-0.2, -0.15) is 0 Å². The van der Waals surface area contributed by atoms with Gasteiger partial charge in [-0.05, 0) is 11.1 Å². The molecule has 3 rings (SSSR count). The molecule has 2 aromatic rings. The van der Waals surface area contributed by atoms with E-state index in [0.29, 0.717) is 0 Å². The molecule has 0 saturated carbocycles. The molecule has 0 aliphatic carbocycles. The van der Waals surface area contributed by atoms with E-state index in [4.69, 9.17) is 4.74 Å². The quantitative estimate of drug-likeness (QED) is 0.571. The van der Waals surface area contributed by atoms with Crippen molar-refractivity contribution >= 4 is 5.96 Å². The average Bonchev–Trinajstić information content (AvgIpc) is 3.19. The Morgan fingerprint density at radius 2 is 1.92 bits per heavy atom. The Bertz CT molecular complexity index is 662. The number of aliphatic imine (C=N–C) groups is 1. The van der Waals surface area contributed by atoms with Gasteiger partial charge in [-0.15, -0.1) is 0 Å². The number of morpholine rings is 1. The maximum atomic E-state index is 5.37. The molecule has 1 saturated heterocycles. The van der Waals surface area contributed by atoms with Crippen molar-refractivity contribution in [1.82, 2.24) is 25.1 Å². The number of hydrogen-bond acceptors (Lipinski definition) is 4. The average molecular weight is 356 g/mol. The molecule has 0 spiro atoms. The molecule has 0 bridgehead atoms. The summed E-state index contributed by atoms with van der Waals surface area (Å²) in [5.41, 5.74) is 2.50. The van der Waals surface area contributed by atoms with Gasteiger partial charge in [0.05, 0.1) is 19.5 Å². The Morgan fingerprint density at radius 1 is 1.15 bits per heavy atom. The van der Waals surface area contributed by atoms with Gasteiger partial charge in [0, 0.05) is 58.7 Å². The molecule has 7 heteroatoms. The van der Waals surface area contributed by atoms with Crippen LogP contribution in [0, 0.1) is 0 Å². The molecule has 2 heterocycles. The highest BCUT2D eigenvalue weighted by atomic mass is 16.5. The Hall–Kier alpha value is -2.38. The number of rotatable bonds is 7. The second-order valence-corrected chi connectivity index (χ2v) is 6.36. The lowest BCUT2D eigenvalue weighted by molar-refractivity contribution is 0.0389. The zero-order chi connectivity index (χ0) is 18.0. The van der Waals surface area contributed by atoms with E-state index in [9.17, 15) is 0 Å². The third-order valence-corrected chi connectivity index (χ3v) is 4.46. The highest BCUT2D eigenvalue weighted by molar-refractivity contribution is 5.79. The lowest BCUT2D eigenvalue weighted by Gasteiger charge is -2.26. The van der Waals surface area contributed by atoms with Gasteiger partial charge in [0.2, 0.25) is 0 Å². The largest absolute Gasteiger partial charge is 0.379 e. The maximum Gasteiger partial charge on any atom is 0.191 e. The maximum absolute atomic E-state index is 5.37. The van der Waals surface area contributed by atoms with Crippen LogP contribution in [0.2, 0.25) is 0 Å². The predicted molar refractivity (Wildman–Crippen MR) is 103 cm³/mol. The SMILES string of the molecule is CN=C(NCCN1CCOCC1)NCc1ccc(Cn2ccnc2)cc1. The minimum absolute atomic E-state index is 0.753. The van der Waals surface area contributed by atoms with Crippen LogP contribution in [0.5, 0.6) is 0 Å². The Kier molecular flexibility index (Phi) is 7.04.